The maximum Gasteiger partial charge on any atom is 0.264 e. The molecule has 0 bridgehead atoms. The third-order valence-electron chi connectivity index (χ3n) is 6.97. The van der Waals surface area contributed by atoms with E-state index in [0.29, 0.717) is 26.3 Å². The number of hydrogen-bond acceptors (Lipinski definition) is 5. The molecule has 7 heteroatoms. The molecular weight excluding hydrogens is 398 g/mol. The first-order valence-corrected chi connectivity index (χ1v) is 12.4. The molecule has 0 saturated carbocycles. The lowest BCUT2D eigenvalue weighted by Gasteiger charge is -2.31. The van der Waals surface area contributed by atoms with Gasteiger partial charge in [-0.2, -0.15) is 0 Å². The SMILES string of the molecule is CCN1CCC(CCNC(=O)[C@H]2CCc3sc(C(=O)N4CCOCC4)cc3C2)CC1. The molecular formula is C23H35N3O3S. The Balaban J connectivity index is 1.24. The number of fused-ring (bicyclic) bond motifs is 1. The van der Waals surface area contributed by atoms with Crippen LogP contribution in [-0.4, -0.2) is 74.1 Å². The number of aryl methyl sites for hydroxylation is 1. The highest BCUT2D eigenvalue weighted by Gasteiger charge is 2.29. The lowest BCUT2D eigenvalue weighted by molar-refractivity contribution is -0.125. The number of morpholine rings is 1. The van der Waals surface area contributed by atoms with Crippen LogP contribution in [0.5, 0.6) is 0 Å². The highest BCUT2D eigenvalue weighted by Crippen LogP contribution is 2.33. The van der Waals surface area contributed by atoms with Crippen molar-refractivity contribution in [1.29, 1.82) is 0 Å². The van der Waals surface area contributed by atoms with Gasteiger partial charge in [-0.25, -0.2) is 0 Å². The van der Waals surface area contributed by atoms with Gasteiger partial charge in [0.15, 0.2) is 0 Å². The zero-order valence-electron chi connectivity index (χ0n) is 18.2. The Hall–Kier alpha value is -1.44. The lowest BCUT2D eigenvalue weighted by atomic mass is 9.87. The number of hydrogen-bond donors (Lipinski definition) is 1. The van der Waals surface area contributed by atoms with Crippen molar-refractivity contribution in [2.45, 2.75) is 45.4 Å². The monoisotopic (exact) mass is 433 g/mol. The van der Waals surface area contributed by atoms with Crippen molar-refractivity contribution in [3.8, 4) is 0 Å². The molecule has 2 aliphatic heterocycles. The summed E-state index contributed by atoms with van der Waals surface area (Å²) in [5, 5.41) is 3.20. The number of nitrogens with zero attached hydrogens (tertiary/aromatic N) is 2. The molecule has 2 amide bonds. The first-order valence-electron chi connectivity index (χ1n) is 11.6. The third kappa shape index (κ3) is 5.24. The first kappa shape index (κ1) is 21.8. The number of carbonyl (C=O) groups is 2. The zero-order chi connectivity index (χ0) is 20.9. The molecule has 1 aliphatic carbocycles. The molecule has 3 heterocycles. The van der Waals surface area contributed by atoms with E-state index in [1.165, 1.54) is 36.4 Å². The van der Waals surface area contributed by atoms with E-state index < -0.39 is 0 Å². The first-order chi connectivity index (χ1) is 14.6. The van der Waals surface area contributed by atoms with Crippen molar-refractivity contribution >= 4 is 23.2 Å². The molecule has 166 valence electrons. The third-order valence-corrected chi connectivity index (χ3v) is 8.19. The fourth-order valence-electron chi connectivity index (χ4n) is 4.91. The Morgan fingerprint density at radius 3 is 2.67 bits per heavy atom. The van der Waals surface area contributed by atoms with E-state index in [2.05, 4.69) is 17.1 Å². The normalized spacial score (nSPS) is 23.2. The second-order valence-corrected chi connectivity index (χ2v) is 10.00. The Bertz CT molecular complexity index is 736. The van der Waals surface area contributed by atoms with Gasteiger partial charge in [0.25, 0.3) is 5.91 Å². The van der Waals surface area contributed by atoms with Crippen LogP contribution >= 0.6 is 11.3 Å². The topological polar surface area (TPSA) is 61.9 Å². The van der Waals surface area contributed by atoms with Crippen LogP contribution in [-0.2, 0) is 22.4 Å². The average Bonchev–Trinajstić information content (AvgIpc) is 3.23. The van der Waals surface area contributed by atoms with Crippen LogP contribution in [0.2, 0.25) is 0 Å². The minimum absolute atomic E-state index is 0.0420. The number of amides is 2. The molecule has 0 unspecified atom stereocenters. The molecule has 1 N–H and O–H groups in total. The summed E-state index contributed by atoms with van der Waals surface area (Å²) in [6, 6.07) is 2.04. The molecule has 30 heavy (non-hydrogen) atoms. The zero-order valence-corrected chi connectivity index (χ0v) is 19.0. The minimum Gasteiger partial charge on any atom is -0.378 e. The van der Waals surface area contributed by atoms with E-state index in [0.717, 1.165) is 49.6 Å². The molecule has 1 aromatic heterocycles. The number of ether oxygens (including phenoxy) is 1. The van der Waals surface area contributed by atoms with E-state index in [-0.39, 0.29) is 17.7 Å². The minimum atomic E-state index is 0.0420. The summed E-state index contributed by atoms with van der Waals surface area (Å²) in [5.74, 6) is 1.10. The van der Waals surface area contributed by atoms with Gasteiger partial charge in [-0.05, 0) is 75.7 Å². The van der Waals surface area contributed by atoms with Crippen molar-refractivity contribution in [2.24, 2.45) is 11.8 Å². The Morgan fingerprint density at radius 2 is 1.93 bits per heavy atom. The van der Waals surface area contributed by atoms with Crippen molar-refractivity contribution < 1.29 is 14.3 Å². The number of thiophene rings is 1. The molecule has 6 nitrogen and oxygen atoms in total. The molecule has 2 saturated heterocycles. The van der Waals surface area contributed by atoms with Gasteiger partial charge in [0.05, 0.1) is 18.1 Å². The van der Waals surface area contributed by atoms with E-state index >= 15 is 0 Å². The predicted molar refractivity (Wildman–Crippen MR) is 119 cm³/mol. The van der Waals surface area contributed by atoms with Gasteiger partial charge < -0.3 is 19.9 Å². The molecule has 2 fully saturated rings. The van der Waals surface area contributed by atoms with E-state index in [1.807, 2.05) is 11.0 Å². The maximum atomic E-state index is 12.8. The number of carbonyl (C=O) groups excluding carboxylic acids is 2. The van der Waals surface area contributed by atoms with Crippen molar-refractivity contribution in [2.75, 3.05) is 52.5 Å². The largest absolute Gasteiger partial charge is 0.378 e. The van der Waals surface area contributed by atoms with Gasteiger partial charge >= 0.3 is 0 Å². The Kier molecular flexibility index (Phi) is 7.44. The second-order valence-electron chi connectivity index (χ2n) is 8.86. The Labute approximate surface area is 183 Å². The van der Waals surface area contributed by atoms with Crippen molar-refractivity contribution in [3.63, 3.8) is 0 Å². The molecule has 0 radical (unpaired) electrons. The van der Waals surface area contributed by atoms with Crippen LogP contribution in [0, 0.1) is 11.8 Å². The van der Waals surface area contributed by atoms with Gasteiger partial charge in [0.1, 0.15) is 0 Å². The number of rotatable bonds is 6. The van der Waals surface area contributed by atoms with E-state index in [4.69, 9.17) is 4.74 Å². The summed E-state index contributed by atoms with van der Waals surface area (Å²) in [6.07, 6.45) is 6.17. The summed E-state index contributed by atoms with van der Waals surface area (Å²) in [6.45, 7) is 9.15. The summed E-state index contributed by atoms with van der Waals surface area (Å²) in [7, 11) is 0. The molecule has 1 aromatic rings. The van der Waals surface area contributed by atoms with E-state index in [1.54, 1.807) is 11.3 Å². The van der Waals surface area contributed by atoms with Gasteiger partial charge in [0.2, 0.25) is 5.91 Å². The molecule has 4 rings (SSSR count). The van der Waals surface area contributed by atoms with Crippen molar-refractivity contribution in [1.82, 2.24) is 15.1 Å². The molecule has 0 spiro atoms. The predicted octanol–water partition coefficient (Wildman–Crippen LogP) is 2.56. The summed E-state index contributed by atoms with van der Waals surface area (Å²) in [5.41, 5.74) is 1.20. The van der Waals surface area contributed by atoms with E-state index in [9.17, 15) is 9.59 Å². The molecule has 3 aliphatic rings. The maximum absolute atomic E-state index is 12.8. The highest BCUT2D eigenvalue weighted by molar-refractivity contribution is 7.14. The van der Waals surface area contributed by atoms with Crippen molar-refractivity contribution in [3.05, 3.63) is 21.4 Å². The second kappa shape index (κ2) is 10.2. The van der Waals surface area contributed by atoms with Crippen LogP contribution in [0.15, 0.2) is 6.07 Å². The molecule has 1 atom stereocenters. The highest BCUT2D eigenvalue weighted by atomic mass is 32.1. The van der Waals surface area contributed by atoms with Crippen LogP contribution < -0.4 is 5.32 Å². The van der Waals surface area contributed by atoms with Crippen LogP contribution in [0.25, 0.3) is 0 Å². The fraction of sp³-hybridized carbons (Fsp3) is 0.739. The van der Waals surface area contributed by atoms with Crippen LogP contribution in [0.3, 0.4) is 0 Å². The summed E-state index contributed by atoms with van der Waals surface area (Å²) in [4.78, 5) is 32.0. The van der Waals surface area contributed by atoms with Gasteiger partial charge in [-0.1, -0.05) is 6.92 Å². The quantitative estimate of drug-likeness (QED) is 0.749. The summed E-state index contributed by atoms with van der Waals surface area (Å²) >= 11 is 1.62. The summed E-state index contributed by atoms with van der Waals surface area (Å²) < 4.78 is 5.35. The average molecular weight is 434 g/mol. The smallest absolute Gasteiger partial charge is 0.264 e. The number of nitrogens with one attached hydrogen (secondary N) is 1. The van der Waals surface area contributed by atoms with Gasteiger partial charge in [0, 0.05) is 30.4 Å². The van der Waals surface area contributed by atoms with Crippen LogP contribution in [0.4, 0.5) is 0 Å². The number of piperidine rings is 1. The van der Waals surface area contributed by atoms with Crippen LogP contribution in [0.1, 0.15) is 52.7 Å². The Morgan fingerprint density at radius 1 is 1.17 bits per heavy atom. The van der Waals surface area contributed by atoms with Gasteiger partial charge in [-0.3, -0.25) is 9.59 Å². The fourth-order valence-corrected chi connectivity index (χ4v) is 6.09. The standard InChI is InChI=1S/C23H35N3O3S/c1-2-25-9-6-17(7-10-25)5-8-24-22(27)18-3-4-20-19(15-18)16-21(30-20)23(28)26-11-13-29-14-12-26/h16-18H,2-15H2,1H3,(H,24,27)/t18-/m0/s1. The lowest BCUT2D eigenvalue weighted by Crippen LogP contribution is -2.40. The number of likely N-dealkylation sites (tertiary alicyclic amines) is 1. The molecule has 0 aromatic carbocycles. The van der Waals surface area contributed by atoms with Gasteiger partial charge in [-0.15, -0.1) is 11.3 Å².